The summed E-state index contributed by atoms with van der Waals surface area (Å²) in [4.78, 5) is 13.1. The van der Waals surface area contributed by atoms with Gasteiger partial charge in [-0.3, -0.25) is 4.98 Å². The van der Waals surface area contributed by atoms with Gasteiger partial charge in [0.2, 0.25) is 0 Å². The van der Waals surface area contributed by atoms with Crippen LogP contribution in [0.25, 0.3) is 0 Å². The zero-order chi connectivity index (χ0) is 16.8. The van der Waals surface area contributed by atoms with E-state index >= 15 is 0 Å². The van der Waals surface area contributed by atoms with Crippen LogP contribution in [0.15, 0.2) is 54.7 Å². The van der Waals surface area contributed by atoms with Crippen LogP contribution >= 0.6 is 11.6 Å². The Hall–Kier alpha value is -2.66. The number of nitrogens with zero attached hydrogens (tertiary/aromatic N) is 3. The third-order valence-corrected chi connectivity index (χ3v) is 3.80. The number of benzene rings is 1. The lowest BCUT2D eigenvalue weighted by atomic mass is 10.2. The van der Waals surface area contributed by atoms with Gasteiger partial charge in [0.25, 0.3) is 0 Å². The van der Waals surface area contributed by atoms with Crippen molar-refractivity contribution >= 4 is 23.2 Å². The zero-order valence-corrected chi connectivity index (χ0v) is 14.1. The van der Waals surface area contributed by atoms with E-state index in [2.05, 4.69) is 25.6 Å². The van der Waals surface area contributed by atoms with E-state index in [0.717, 1.165) is 27.9 Å². The summed E-state index contributed by atoms with van der Waals surface area (Å²) in [5, 5.41) is 7.30. The molecule has 1 aromatic carbocycles. The number of aromatic nitrogens is 3. The third kappa shape index (κ3) is 4.43. The Bertz CT molecular complexity index is 808. The molecule has 2 N–H and O–H groups in total. The first-order chi connectivity index (χ1) is 11.7. The van der Waals surface area contributed by atoms with E-state index in [0.29, 0.717) is 18.9 Å². The van der Waals surface area contributed by atoms with Crippen LogP contribution in [0.4, 0.5) is 11.6 Å². The molecular formula is C18H18ClN5. The molecule has 0 saturated carbocycles. The van der Waals surface area contributed by atoms with Crippen molar-refractivity contribution in [3.63, 3.8) is 0 Å². The van der Waals surface area contributed by atoms with E-state index < -0.39 is 0 Å². The molecule has 0 spiro atoms. The first kappa shape index (κ1) is 16.2. The number of nitrogens with one attached hydrogen (secondary N) is 2. The second kappa shape index (κ2) is 7.75. The molecule has 0 atom stereocenters. The normalized spacial score (nSPS) is 10.4. The van der Waals surface area contributed by atoms with E-state index in [1.807, 2.05) is 55.5 Å². The molecule has 0 unspecified atom stereocenters. The molecule has 2 heterocycles. The molecule has 24 heavy (non-hydrogen) atoms. The molecule has 0 aliphatic rings. The van der Waals surface area contributed by atoms with Crippen molar-refractivity contribution in [3.8, 4) is 0 Å². The van der Waals surface area contributed by atoms with Crippen molar-refractivity contribution in [2.75, 3.05) is 10.6 Å². The van der Waals surface area contributed by atoms with Crippen molar-refractivity contribution in [1.82, 2.24) is 15.0 Å². The minimum absolute atomic E-state index is 0.607. The largest absolute Gasteiger partial charge is 0.366 e. The highest BCUT2D eigenvalue weighted by atomic mass is 35.5. The lowest BCUT2D eigenvalue weighted by molar-refractivity contribution is 0.985. The summed E-state index contributed by atoms with van der Waals surface area (Å²) in [6.07, 6.45) is 1.78. The predicted octanol–water partition coefficient (Wildman–Crippen LogP) is 4.06. The molecule has 0 aliphatic carbocycles. The summed E-state index contributed by atoms with van der Waals surface area (Å²) < 4.78 is 0. The SMILES string of the molecule is Cc1nc(NCc2ccccn2)cc(NCc2ccccc2Cl)n1. The molecule has 0 amide bonds. The Morgan fingerprint density at radius 1 is 0.917 bits per heavy atom. The molecule has 0 saturated heterocycles. The summed E-state index contributed by atoms with van der Waals surface area (Å²) in [7, 11) is 0. The van der Waals surface area contributed by atoms with Crippen LogP contribution in [0.2, 0.25) is 5.02 Å². The fourth-order valence-corrected chi connectivity index (χ4v) is 2.46. The fourth-order valence-electron chi connectivity index (χ4n) is 2.26. The van der Waals surface area contributed by atoms with Gasteiger partial charge in [-0.15, -0.1) is 0 Å². The van der Waals surface area contributed by atoms with Crippen LogP contribution < -0.4 is 10.6 Å². The zero-order valence-electron chi connectivity index (χ0n) is 13.3. The fraction of sp³-hybridized carbons (Fsp3) is 0.167. The van der Waals surface area contributed by atoms with Gasteiger partial charge >= 0.3 is 0 Å². The Balaban J connectivity index is 1.66. The number of pyridine rings is 1. The Morgan fingerprint density at radius 3 is 2.33 bits per heavy atom. The monoisotopic (exact) mass is 339 g/mol. The van der Waals surface area contributed by atoms with Gasteiger partial charge in [-0.05, 0) is 30.7 Å². The van der Waals surface area contributed by atoms with Crippen molar-refractivity contribution in [3.05, 3.63) is 76.8 Å². The Morgan fingerprint density at radius 2 is 1.62 bits per heavy atom. The van der Waals surface area contributed by atoms with E-state index in [-0.39, 0.29) is 0 Å². The molecule has 5 nitrogen and oxygen atoms in total. The van der Waals surface area contributed by atoms with E-state index in [1.54, 1.807) is 6.20 Å². The summed E-state index contributed by atoms with van der Waals surface area (Å²) in [5.74, 6) is 2.21. The smallest absolute Gasteiger partial charge is 0.132 e. The number of hydrogen-bond donors (Lipinski definition) is 2. The van der Waals surface area contributed by atoms with Crippen LogP contribution in [0.1, 0.15) is 17.1 Å². The second-order valence-corrected chi connectivity index (χ2v) is 5.71. The molecule has 6 heteroatoms. The summed E-state index contributed by atoms with van der Waals surface area (Å²) >= 11 is 6.18. The maximum absolute atomic E-state index is 6.18. The van der Waals surface area contributed by atoms with Crippen LogP contribution in [-0.2, 0) is 13.1 Å². The standard InChI is InChI=1S/C18H18ClN5/c1-13-23-17(21-11-14-6-2-3-8-16(14)19)10-18(24-13)22-12-15-7-4-5-9-20-15/h2-10H,11-12H2,1H3,(H2,21,22,23,24). The highest BCUT2D eigenvalue weighted by Gasteiger charge is 2.04. The van der Waals surface area contributed by atoms with Crippen molar-refractivity contribution < 1.29 is 0 Å². The molecule has 0 fully saturated rings. The summed E-state index contributed by atoms with van der Waals surface area (Å²) in [6, 6.07) is 15.5. The van der Waals surface area contributed by atoms with Crippen LogP contribution in [0, 0.1) is 6.92 Å². The van der Waals surface area contributed by atoms with Crippen molar-refractivity contribution in [2.24, 2.45) is 0 Å². The highest BCUT2D eigenvalue weighted by Crippen LogP contribution is 2.17. The van der Waals surface area contributed by atoms with E-state index in [1.165, 1.54) is 0 Å². The predicted molar refractivity (Wildman–Crippen MR) is 97.1 cm³/mol. The molecule has 3 aromatic rings. The van der Waals surface area contributed by atoms with Gasteiger partial charge in [0, 0.05) is 23.8 Å². The first-order valence-electron chi connectivity index (χ1n) is 7.67. The molecule has 122 valence electrons. The minimum atomic E-state index is 0.607. The quantitative estimate of drug-likeness (QED) is 0.709. The average Bonchev–Trinajstić information content (AvgIpc) is 2.60. The van der Waals surface area contributed by atoms with Gasteiger partial charge < -0.3 is 10.6 Å². The Labute approximate surface area is 146 Å². The number of rotatable bonds is 6. The van der Waals surface area contributed by atoms with Crippen LogP contribution in [0.3, 0.4) is 0 Å². The number of aryl methyl sites for hydroxylation is 1. The maximum Gasteiger partial charge on any atom is 0.132 e. The average molecular weight is 340 g/mol. The lowest BCUT2D eigenvalue weighted by Crippen LogP contribution is -2.07. The number of anilines is 2. The minimum Gasteiger partial charge on any atom is -0.366 e. The number of halogens is 1. The lowest BCUT2D eigenvalue weighted by Gasteiger charge is -2.11. The van der Waals surface area contributed by atoms with Crippen molar-refractivity contribution in [1.29, 1.82) is 0 Å². The van der Waals surface area contributed by atoms with E-state index in [9.17, 15) is 0 Å². The van der Waals surface area contributed by atoms with Crippen molar-refractivity contribution in [2.45, 2.75) is 20.0 Å². The third-order valence-electron chi connectivity index (χ3n) is 3.43. The van der Waals surface area contributed by atoms with Gasteiger partial charge in [0.15, 0.2) is 0 Å². The number of hydrogen-bond acceptors (Lipinski definition) is 5. The highest BCUT2D eigenvalue weighted by molar-refractivity contribution is 6.31. The van der Waals surface area contributed by atoms with Gasteiger partial charge in [-0.1, -0.05) is 35.9 Å². The maximum atomic E-state index is 6.18. The summed E-state index contributed by atoms with van der Waals surface area (Å²) in [6.45, 7) is 3.09. The van der Waals surface area contributed by atoms with Gasteiger partial charge in [-0.2, -0.15) is 0 Å². The molecular weight excluding hydrogens is 322 g/mol. The molecule has 3 rings (SSSR count). The Kier molecular flexibility index (Phi) is 5.23. The van der Waals surface area contributed by atoms with Gasteiger partial charge in [0.1, 0.15) is 17.5 Å². The topological polar surface area (TPSA) is 62.7 Å². The molecule has 0 aliphatic heterocycles. The molecule has 0 radical (unpaired) electrons. The first-order valence-corrected chi connectivity index (χ1v) is 8.05. The molecule has 2 aromatic heterocycles. The van der Waals surface area contributed by atoms with Crippen LogP contribution in [-0.4, -0.2) is 15.0 Å². The van der Waals surface area contributed by atoms with Gasteiger partial charge in [-0.25, -0.2) is 9.97 Å². The summed E-state index contributed by atoms with van der Waals surface area (Å²) in [5.41, 5.74) is 1.98. The molecule has 0 bridgehead atoms. The van der Waals surface area contributed by atoms with E-state index in [4.69, 9.17) is 11.6 Å². The van der Waals surface area contributed by atoms with Crippen LogP contribution in [0.5, 0.6) is 0 Å². The van der Waals surface area contributed by atoms with Gasteiger partial charge in [0.05, 0.1) is 12.2 Å². The second-order valence-electron chi connectivity index (χ2n) is 5.31.